The van der Waals surface area contributed by atoms with Crippen LogP contribution < -0.4 is 0 Å². The van der Waals surface area contributed by atoms with Gasteiger partial charge >= 0.3 is 0 Å². The summed E-state index contributed by atoms with van der Waals surface area (Å²) in [5.74, 6) is 1.25. The molecule has 0 radical (unpaired) electrons. The Kier molecular flexibility index (Phi) is 5.96. The number of nitrogens with zero attached hydrogens (tertiary/aromatic N) is 2. The van der Waals surface area contributed by atoms with E-state index in [1.54, 1.807) is 0 Å². The number of halogens is 1. The molecular weight excluding hydrogens is 308 g/mol. The van der Waals surface area contributed by atoms with Crippen LogP contribution in [0.3, 0.4) is 0 Å². The highest BCUT2D eigenvalue weighted by atomic mass is 35.5. The minimum Gasteiger partial charge on any atom is -0.340 e. The van der Waals surface area contributed by atoms with Gasteiger partial charge in [-0.15, -0.1) is 0 Å². The summed E-state index contributed by atoms with van der Waals surface area (Å²) in [4.78, 5) is 16.9. The molecule has 1 aromatic rings. The Bertz CT molecular complexity index is 505. The van der Waals surface area contributed by atoms with Gasteiger partial charge in [0.25, 0.3) is 0 Å². The number of benzene rings is 1. The molecule has 1 saturated heterocycles. The molecule has 1 aliphatic carbocycles. The van der Waals surface area contributed by atoms with Crippen LogP contribution in [0.2, 0.25) is 5.02 Å². The van der Waals surface area contributed by atoms with E-state index in [1.807, 2.05) is 24.3 Å². The summed E-state index contributed by atoms with van der Waals surface area (Å²) in [6, 6.07) is 7.93. The molecule has 1 aliphatic heterocycles. The van der Waals surface area contributed by atoms with Crippen molar-refractivity contribution in [2.75, 3.05) is 32.7 Å². The van der Waals surface area contributed by atoms with Crippen molar-refractivity contribution in [3.05, 3.63) is 34.9 Å². The number of amides is 1. The molecular formula is C19H27ClN2O. The minimum atomic E-state index is 0.322. The number of aryl methyl sites for hydroxylation is 1. The van der Waals surface area contributed by atoms with Gasteiger partial charge in [0.1, 0.15) is 0 Å². The third-order valence-electron chi connectivity index (χ3n) is 5.24. The number of hydrogen-bond donors (Lipinski definition) is 0. The van der Waals surface area contributed by atoms with Crippen molar-refractivity contribution in [3.63, 3.8) is 0 Å². The maximum Gasteiger partial charge on any atom is 0.222 e. The van der Waals surface area contributed by atoms with E-state index >= 15 is 0 Å². The average Bonchev–Trinajstić information content (AvgIpc) is 2.53. The molecule has 1 heterocycles. The van der Waals surface area contributed by atoms with Crippen molar-refractivity contribution >= 4 is 17.5 Å². The molecule has 0 atom stereocenters. The van der Waals surface area contributed by atoms with Gasteiger partial charge < -0.3 is 4.90 Å². The zero-order chi connectivity index (χ0) is 16.1. The lowest BCUT2D eigenvalue weighted by atomic mass is 9.85. The highest BCUT2D eigenvalue weighted by Gasteiger charge is 2.25. The maximum atomic E-state index is 12.3. The predicted octanol–water partition coefficient (Wildman–Crippen LogP) is 3.61. The van der Waals surface area contributed by atoms with Crippen molar-refractivity contribution in [2.24, 2.45) is 5.92 Å². The van der Waals surface area contributed by atoms with E-state index in [9.17, 15) is 4.79 Å². The first-order valence-corrected chi connectivity index (χ1v) is 9.33. The number of carbonyl (C=O) groups is 1. The second-order valence-corrected chi connectivity index (χ2v) is 7.39. The number of hydrogen-bond acceptors (Lipinski definition) is 2. The Labute approximate surface area is 144 Å². The number of rotatable bonds is 6. The monoisotopic (exact) mass is 334 g/mol. The molecule has 0 N–H and O–H groups in total. The normalized spacial score (nSPS) is 19.6. The Morgan fingerprint density at radius 1 is 1.09 bits per heavy atom. The Hall–Kier alpha value is -1.06. The largest absolute Gasteiger partial charge is 0.340 e. The molecule has 126 valence electrons. The van der Waals surface area contributed by atoms with Crippen LogP contribution in [-0.4, -0.2) is 48.4 Å². The fraction of sp³-hybridized carbons (Fsp3) is 0.632. The standard InChI is InChI=1S/C19H27ClN2O/c20-18-9-7-16(8-10-18)3-2-6-19(23)22-13-11-21(12-14-22)15-17-4-1-5-17/h7-10,17H,1-6,11-15H2. The van der Waals surface area contributed by atoms with E-state index in [0.717, 1.165) is 50.0 Å². The van der Waals surface area contributed by atoms with Crippen LogP contribution in [0.1, 0.15) is 37.7 Å². The molecule has 4 heteroatoms. The lowest BCUT2D eigenvalue weighted by molar-refractivity contribution is -0.133. The first-order valence-electron chi connectivity index (χ1n) is 8.95. The van der Waals surface area contributed by atoms with E-state index in [4.69, 9.17) is 11.6 Å². The van der Waals surface area contributed by atoms with Gasteiger partial charge in [-0.3, -0.25) is 9.69 Å². The highest BCUT2D eigenvalue weighted by Crippen LogP contribution is 2.27. The predicted molar refractivity (Wildman–Crippen MR) is 94.8 cm³/mol. The van der Waals surface area contributed by atoms with Crippen LogP contribution in [0.4, 0.5) is 0 Å². The summed E-state index contributed by atoms with van der Waals surface area (Å²) >= 11 is 5.89. The first kappa shape index (κ1) is 16.8. The van der Waals surface area contributed by atoms with Gasteiger partial charge in [-0.2, -0.15) is 0 Å². The quantitative estimate of drug-likeness (QED) is 0.793. The summed E-state index contributed by atoms with van der Waals surface area (Å²) in [7, 11) is 0. The van der Waals surface area contributed by atoms with Crippen LogP contribution in [0.5, 0.6) is 0 Å². The molecule has 23 heavy (non-hydrogen) atoms. The smallest absolute Gasteiger partial charge is 0.222 e. The van der Waals surface area contributed by atoms with Gasteiger partial charge in [0.2, 0.25) is 5.91 Å². The van der Waals surface area contributed by atoms with E-state index < -0.39 is 0 Å². The molecule has 0 spiro atoms. The fourth-order valence-electron chi connectivity index (χ4n) is 3.47. The zero-order valence-electron chi connectivity index (χ0n) is 13.8. The topological polar surface area (TPSA) is 23.6 Å². The fourth-order valence-corrected chi connectivity index (χ4v) is 3.60. The molecule has 1 amide bonds. The van der Waals surface area contributed by atoms with E-state index in [0.29, 0.717) is 12.3 Å². The minimum absolute atomic E-state index is 0.322. The van der Waals surface area contributed by atoms with Gasteiger partial charge in [-0.25, -0.2) is 0 Å². The summed E-state index contributed by atoms with van der Waals surface area (Å²) in [5.41, 5.74) is 1.26. The Morgan fingerprint density at radius 3 is 2.39 bits per heavy atom. The van der Waals surface area contributed by atoms with Crippen LogP contribution in [0, 0.1) is 5.92 Å². The Balaban J connectivity index is 1.33. The second kappa shape index (κ2) is 8.16. The van der Waals surface area contributed by atoms with Crippen LogP contribution in [0.25, 0.3) is 0 Å². The molecule has 2 aliphatic rings. The number of piperazine rings is 1. The summed E-state index contributed by atoms with van der Waals surface area (Å²) in [6.45, 7) is 5.18. The van der Waals surface area contributed by atoms with Crippen LogP contribution in [-0.2, 0) is 11.2 Å². The van der Waals surface area contributed by atoms with Gasteiger partial charge in [0.05, 0.1) is 0 Å². The number of carbonyl (C=O) groups excluding carboxylic acids is 1. The van der Waals surface area contributed by atoms with Gasteiger partial charge in [-0.05, 0) is 49.3 Å². The lowest BCUT2D eigenvalue weighted by Crippen LogP contribution is -2.50. The lowest BCUT2D eigenvalue weighted by Gasteiger charge is -2.38. The highest BCUT2D eigenvalue weighted by molar-refractivity contribution is 6.30. The van der Waals surface area contributed by atoms with E-state index in [-0.39, 0.29) is 0 Å². The maximum absolute atomic E-state index is 12.3. The Morgan fingerprint density at radius 2 is 1.78 bits per heavy atom. The molecule has 3 nitrogen and oxygen atoms in total. The van der Waals surface area contributed by atoms with E-state index in [2.05, 4.69) is 9.80 Å². The van der Waals surface area contributed by atoms with Gasteiger partial charge in [0, 0.05) is 44.2 Å². The van der Waals surface area contributed by atoms with E-state index in [1.165, 1.54) is 31.4 Å². The summed E-state index contributed by atoms with van der Waals surface area (Å²) in [6.07, 6.45) is 6.75. The second-order valence-electron chi connectivity index (χ2n) is 6.96. The van der Waals surface area contributed by atoms with Gasteiger partial charge in [-0.1, -0.05) is 30.2 Å². The average molecular weight is 335 g/mol. The first-order chi connectivity index (χ1) is 11.2. The third kappa shape index (κ3) is 4.95. The van der Waals surface area contributed by atoms with Crippen molar-refractivity contribution in [1.82, 2.24) is 9.80 Å². The molecule has 3 rings (SSSR count). The molecule has 1 aromatic carbocycles. The van der Waals surface area contributed by atoms with Crippen LogP contribution in [0.15, 0.2) is 24.3 Å². The molecule has 0 aromatic heterocycles. The van der Waals surface area contributed by atoms with Gasteiger partial charge in [0.15, 0.2) is 0 Å². The molecule has 2 fully saturated rings. The zero-order valence-corrected chi connectivity index (χ0v) is 14.6. The van der Waals surface area contributed by atoms with Crippen LogP contribution >= 0.6 is 11.6 Å². The van der Waals surface area contributed by atoms with Crippen molar-refractivity contribution in [1.29, 1.82) is 0 Å². The molecule has 0 unspecified atom stereocenters. The van der Waals surface area contributed by atoms with Crippen molar-refractivity contribution in [2.45, 2.75) is 38.5 Å². The summed E-state index contributed by atoms with van der Waals surface area (Å²) < 4.78 is 0. The SMILES string of the molecule is O=C(CCCc1ccc(Cl)cc1)N1CCN(CC2CCC2)CC1. The van der Waals surface area contributed by atoms with Crippen molar-refractivity contribution in [3.8, 4) is 0 Å². The molecule has 0 bridgehead atoms. The summed E-state index contributed by atoms with van der Waals surface area (Å²) in [5, 5.41) is 0.768. The molecule has 1 saturated carbocycles. The third-order valence-corrected chi connectivity index (χ3v) is 5.49. The van der Waals surface area contributed by atoms with Crippen molar-refractivity contribution < 1.29 is 4.79 Å².